The highest BCUT2D eigenvalue weighted by atomic mass is 16.5. The van der Waals surface area contributed by atoms with Crippen LogP contribution in [0.3, 0.4) is 0 Å². The molecule has 0 aliphatic heterocycles. The summed E-state index contributed by atoms with van der Waals surface area (Å²) in [4.78, 5) is 49.4. The molecule has 0 aliphatic carbocycles. The Morgan fingerprint density at radius 2 is 1.41 bits per heavy atom. The van der Waals surface area contributed by atoms with E-state index in [1.807, 2.05) is 13.8 Å². The number of aliphatic hydroxyl groups is 1. The van der Waals surface area contributed by atoms with E-state index in [4.69, 9.17) is 14.6 Å². The lowest BCUT2D eigenvalue weighted by atomic mass is 10.0. The highest BCUT2D eigenvalue weighted by Crippen LogP contribution is 2.22. The zero-order valence-corrected chi connectivity index (χ0v) is 24.0. The third-order valence-corrected chi connectivity index (χ3v) is 6.28. The molecule has 3 atom stereocenters. The maximum absolute atomic E-state index is 13.1. The Hall–Kier alpha value is -4.32. The summed E-state index contributed by atoms with van der Waals surface area (Å²) < 4.78 is 10.5. The van der Waals surface area contributed by atoms with E-state index in [1.54, 1.807) is 37.3 Å². The minimum atomic E-state index is -1.53. The van der Waals surface area contributed by atoms with E-state index in [1.165, 1.54) is 26.4 Å². The number of amides is 4. The fourth-order valence-electron chi connectivity index (χ4n) is 3.99. The number of hydrogen-bond donors (Lipinski definition) is 6. The van der Waals surface area contributed by atoms with Crippen LogP contribution in [0, 0.1) is 5.92 Å². The average Bonchev–Trinajstić information content (AvgIpc) is 2.96. The standard InChI is InChI=1S/C29H40N4O8/c1-6-23(25(34)27(36)30-16-19-12-21(40-4)14-22(13-19)41-5)32-26(35)24(11-17(2)3)33-29(39)31-15-18-7-9-20(10-8-18)28(37)38/h7-10,12-14,17,23-25,34H,6,11,15-16H2,1-5H3,(H,30,36)(H,32,35)(H,37,38)(H2,31,33,39). The molecule has 0 spiro atoms. The molecule has 0 fully saturated rings. The molecule has 12 heteroatoms. The molecule has 2 rings (SSSR count). The molecule has 0 aliphatic rings. The van der Waals surface area contributed by atoms with Crippen LogP contribution in [-0.4, -0.2) is 66.4 Å². The maximum atomic E-state index is 13.1. The predicted molar refractivity (Wildman–Crippen MR) is 152 cm³/mol. The van der Waals surface area contributed by atoms with Gasteiger partial charge in [0, 0.05) is 19.2 Å². The maximum Gasteiger partial charge on any atom is 0.335 e. The van der Waals surface area contributed by atoms with Crippen molar-refractivity contribution in [2.75, 3.05) is 14.2 Å². The SMILES string of the molecule is CCC(NC(=O)C(CC(C)C)NC(=O)NCc1ccc(C(=O)O)cc1)C(O)C(=O)NCc1cc(OC)cc(OC)c1. The Labute approximate surface area is 239 Å². The van der Waals surface area contributed by atoms with E-state index in [0.717, 1.165) is 0 Å². The Kier molecular flexibility index (Phi) is 12.9. The first-order chi connectivity index (χ1) is 19.5. The first-order valence-electron chi connectivity index (χ1n) is 13.3. The molecule has 41 heavy (non-hydrogen) atoms. The number of aliphatic hydroxyl groups excluding tert-OH is 1. The fourth-order valence-corrected chi connectivity index (χ4v) is 3.99. The summed E-state index contributed by atoms with van der Waals surface area (Å²) in [5, 5.41) is 30.4. The van der Waals surface area contributed by atoms with Gasteiger partial charge in [-0.1, -0.05) is 32.9 Å². The summed E-state index contributed by atoms with van der Waals surface area (Å²) in [6.45, 7) is 5.75. The van der Waals surface area contributed by atoms with Gasteiger partial charge in [-0.3, -0.25) is 9.59 Å². The fraction of sp³-hybridized carbons (Fsp3) is 0.448. The van der Waals surface area contributed by atoms with Crippen molar-refractivity contribution in [3.8, 4) is 11.5 Å². The van der Waals surface area contributed by atoms with Crippen LogP contribution in [0.25, 0.3) is 0 Å². The minimum Gasteiger partial charge on any atom is -0.497 e. The van der Waals surface area contributed by atoms with Gasteiger partial charge >= 0.3 is 12.0 Å². The van der Waals surface area contributed by atoms with Crippen molar-refractivity contribution >= 4 is 23.8 Å². The van der Waals surface area contributed by atoms with Gasteiger partial charge in [0.25, 0.3) is 5.91 Å². The molecule has 2 aromatic carbocycles. The number of aromatic carboxylic acids is 1. The lowest BCUT2D eigenvalue weighted by Gasteiger charge is -2.26. The van der Waals surface area contributed by atoms with Crippen LogP contribution in [0.4, 0.5) is 4.79 Å². The molecule has 0 heterocycles. The van der Waals surface area contributed by atoms with Gasteiger partial charge in [-0.15, -0.1) is 0 Å². The molecule has 0 aromatic heterocycles. The molecular weight excluding hydrogens is 532 g/mol. The third-order valence-electron chi connectivity index (χ3n) is 6.28. The molecule has 4 amide bonds. The quantitative estimate of drug-likeness (QED) is 0.188. The summed E-state index contributed by atoms with van der Waals surface area (Å²) in [7, 11) is 3.03. The number of hydrogen-bond acceptors (Lipinski definition) is 7. The van der Waals surface area contributed by atoms with Crippen molar-refractivity contribution < 1.29 is 38.9 Å². The summed E-state index contributed by atoms with van der Waals surface area (Å²) >= 11 is 0. The van der Waals surface area contributed by atoms with Gasteiger partial charge in [0.2, 0.25) is 5.91 Å². The normalized spacial score (nSPS) is 13.0. The van der Waals surface area contributed by atoms with E-state index in [9.17, 15) is 24.3 Å². The van der Waals surface area contributed by atoms with Crippen molar-refractivity contribution in [3.63, 3.8) is 0 Å². The van der Waals surface area contributed by atoms with Gasteiger partial charge in [0.15, 0.2) is 6.10 Å². The van der Waals surface area contributed by atoms with Crippen LogP contribution in [-0.2, 0) is 22.7 Å². The van der Waals surface area contributed by atoms with Gasteiger partial charge in [0.1, 0.15) is 17.5 Å². The zero-order valence-electron chi connectivity index (χ0n) is 24.0. The van der Waals surface area contributed by atoms with Crippen molar-refractivity contribution in [2.24, 2.45) is 5.92 Å². The van der Waals surface area contributed by atoms with E-state index in [-0.39, 0.29) is 31.0 Å². The van der Waals surface area contributed by atoms with Gasteiger partial charge in [-0.25, -0.2) is 9.59 Å². The van der Waals surface area contributed by atoms with Crippen LogP contribution < -0.4 is 30.7 Å². The summed E-state index contributed by atoms with van der Waals surface area (Å²) in [6.07, 6.45) is -0.942. The zero-order chi connectivity index (χ0) is 30.5. The Morgan fingerprint density at radius 3 is 1.93 bits per heavy atom. The molecular formula is C29H40N4O8. The number of methoxy groups -OCH3 is 2. The van der Waals surface area contributed by atoms with Crippen LogP contribution >= 0.6 is 0 Å². The number of ether oxygens (including phenoxy) is 2. The number of rotatable bonds is 15. The van der Waals surface area contributed by atoms with Crippen molar-refractivity contribution in [1.29, 1.82) is 0 Å². The van der Waals surface area contributed by atoms with Crippen LogP contribution in [0.5, 0.6) is 11.5 Å². The molecule has 0 saturated carbocycles. The second kappa shape index (κ2) is 16.1. The van der Waals surface area contributed by atoms with Crippen molar-refractivity contribution in [2.45, 2.75) is 64.9 Å². The van der Waals surface area contributed by atoms with Gasteiger partial charge in [-0.2, -0.15) is 0 Å². The number of nitrogens with one attached hydrogen (secondary N) is 4. The van der Waals surface area contributed by atoms with Gasteiger partial charge < -0.3 is 41.0 Å². The molecule has 12 nitrogen and oxygen atoms in total. The van der Waals surface area contributed by atoms with Crippen molar-refractivity contribution in [1.82, 2.24) is 21.3 Å². The minimum absolute atomic E-state index is 0.0581. The van der Waals surface area contributed by atoms with Crippen LogP contribution in [0.15, 0.2) is 42.5 Å². The Morgan fingerprint density at radius 1 is 0.829 bits per heavy atom. The van der Waals surface area contributed by atoms with Crippen LogP contribution in [0.2, 0.25) is 0 Å². The number of benzene rings is 2. The molecule has 6 N–H and O–H groups in total. The molecule has 0 saturated heterocycles. The van der Waals surface area contributed by atoms with E-state index < -0.39 is 42.0 Å². The average molecular weight is 573 g/mol. The third kappa shape index (κ3) is 10.6. The number of urea groups is 1. The smallest absolute Gasteiger partial charge is 0.335 e. The molecule has 3 unspecified atom stereocenters. The molecule has 0 radical (unpaired) electrons. The Bertz CT molecular complexity index is 1160. The number of carbonyl (C=O) groups is 4. The largest absolute Gasteiger partial charge is 0.497 e. The molecule has 0 bridgehead atoms. The summed E-state index contributed by atoms with van der Waals surface area (Å²) in [6, 6.07) is 8.80. The molecule has 224 valence electrons. The highest BCUT2D eigenvalue weighted by molar-refractivity contribution is 5.89. The van der Waals surface area contributed by atoms with E-state index in [2.05, 4.69) is 21.3 Å². The van der Waals surface area contributed by atoms with E-state index in [0.29, 0.717) is 29.0 Å². The lowest BCUT2D eigenvalue weighted by Crippen LogP contribution is -2.56. The first kappa shape index (κ1) is 32.9. The van der Waals surface area contributed by atoms with Crippen LogP contribution in [0.1, 0.15) is 55.1 Å². The topological polar surface area (TPSA) is 175 Å². The van der Waals surface area contributed by atoms with E-state index >= 15 is 0 Å². The second-order valence-corrected chi connectivity index (χ2v) is 9.92. The summed E-state index contributed by atoms with van der Waals surface area (Å²) in [5.74, 6) is -1.08. The monoisotopic (exact) mass is 572 g/mol. The lowest BCUT2D eigenvalue weighted by molar-refractivity contribution is -0.132. The second-order valence-electron chi connectivity index (χ2n) is 9.92. The number of carbonyl (C=O) groups excluding carboxylic acids is 3. The number of carboxylic acids is 1. The van der Waals surface area contributed by atoms with Crippen molar-refractivity contribution in [3.05, 3.63) is 59.2 Å². The predicted octanol–water partition coefficient (Wildman–Crippen LogP) is 2.19. The first-order valence-corrected chi connectivity index (χ1v) is 13.3. The number of carboxylic acid groups (broad SMARTS) is 1. The van der Waals surface area contributed by atoms with Gasteiger partial charge in [-0.05, 0) is 54.2 Å². The molecule has 2 aromatic rings. The summed E-state index contributed by atoms with van der Waals surface area (Å²) in [5.41, 5.74) is 1.51. The highest BCUT2D eigenvalue weighted by Gasteiger charge is 2.30. The van der Waals surface area contributed by atoms with Gasteiger partial charge in [0.05, 0.1) is 25.8 Å². The Balaban J connectivity index is 1.97.